The van der Waals surface area contributed by atoms with Crippen LogP contribution in [-0.2, 0) is 6.42 Å². The third kappa shape index (κ3) is 1.85. The molecular weight excluding hydrogens is 188 g/mol. The number of rotatable bonds is 2. The van der Waals surface area contributed by atoms with Gasteiger partial charge in [0.25, 0.3) is 0 Å². The predicted molar refractivity (Wildman–Crippen MR) is 62.1 cm³/mol. The molecule has 0 aromatic heterocycles. The van der Waals surface area contributed by atoms with Crippen molar-refractivity contribution in [2.45, 2.75) is 32.4 Å². The minimum Gasteiger partial charge on any atom is -0.395 e. The van der Waals surface area contributed by atoms with E-state index in [2.05, 4.69) is 31.3 Å². The van der Waals surface area contributed by atoms with E-state index in [1.165, 1.54) is 22.4 Å². The zero-order chi connectivity index (χ0) is 11.0. The molecule has 4 N–H and O–H groups in total. The van der Waals surface area contributed by atoms with Crippen molar-refractivity contribution in [3.63, 3.8) is 0 Å². The summed E-state index contributed by atoms with van der Waals surface area (Å²) in [5, 5.41) is 12.4. The van der Waals surface area contributed by atoms with Crippen LogP contribution in [-0.4, -0.2) is 23.8 Å². The monoisotopic (exact) mass is 206 g/mol. The number of nitrogens with two attached hydrogens (primary N) is 1. The number of benzene rings is 1. The largest absolute Gasteiger partial charge is 0.395 e. The number of nitrogens with one attached hydrogen (secondary N) is 1. The molecule has 82 valence electrons. The minimum atomic E-state index is -0.183. The predicted octanol–water partition coefficient (Wildman–Crippen LogP) is 0.960. The van der Waals surface area contributed by atoms with Gasteiger partial charge in [-0.15, -0.1) is 0 Å². The van der Waals surface area contributed by atoms with E-state index >= 15 is 0 Å². The number of hydrogen-bond donors (Lipinski definition) is 3. The molecule has 2 rings (SSSR count). The lowest BCUT2D eigenvalue weighted by atomic mass is 10.0. The van der Waals surface area contributed by atoms with Crippen LogP contribution in [0.1, 0.15) is 16.7 Å². The van der Waals surface area contributed by atoms with Crippen molar-refractivity contribution in [3.05, 3.63) is 28.8 Å². The van der Waals surface area contributed by atoms with E-state index in [1.807, 2.05) is 0 Å². The third-order valence-electron chi connectivity index (χ3n) is 3.06. The number of fused-ring (bicyclic) bond motifs is 1. The maximum Gasteiger partial charge on any atom is 0.0602 e. The van der Waals surface area contributed by atoms with Gasteiger partial charge in [-0.05, 0) is 31.4 Å². The van der Waals surface area contributed by atoms with Crippen molar-refractivity contribution in [2.75, 3.05) is 11.9 Å². The van der Waals surface area contributed by atoms with Crippen LogP contribution in [0.2, 0.25) is 0 Å². The SMILES string of the molecule is Cc1cc(C)c2c(c1)CC(C(N)CO)N2. The highest BCUT2D eigenvalue weighted by Crippen LogP contribution is 2.31. The van der Waals surface area contributed by atoms with Gasteiger partial charge in [0.2, 0.25) is 0 Å². The number of anilines is 1. The van der Waals surface area contributed by atoms with Gasteiger partial charge in [0, 0.05) is 17.8 Å². The smallest absolute Gasteiger partial charge is 0.0602 e. The first-order valence-corrected chi connectivity index (χ1v) is 5.35. The van der Waals surface area contributed by atoms with Crippen molar-refractivity contribution < 1.29 is 5.11 Å². The van der Waals surface area contributed by atoms with Crippen molar-refractivity contribution in [3.8, 4) is 0 Å². The number of hydrogen-bond acceptors (Lipinski definition) is 3. The second-order valence-corrected chi connectivity index (χ2v) is 4.42. The Labute approximate surface area is 90.3 Å². The average Bonchev–Trinajstić information content (AvgIpc) is 2.60. The van der Waals surface area contributed by atoms with Crippen molar-refractivity contribution >= 4 is 5.69 Å². The van der Waals surface area contributed by atoms with Crippen molar-refractivity contribution in [2.24, 2.45) is 5.73 Å². The zero-order valence-electron chi connectivity index (χ0n) is 9.25. The quantitative estimate of drug-likeness (QED) is 0.675. The highest BCUT2D eigenvalue weighted by molar-refractivity contribution is 5.63. The second-order valence-electron chi connectivity index (χ2n) is 4.42. The summed E-state index contributed by atoms with van der Waals surface area (Å²) in [4.78, 5) is 0. The minimum absolute atomic E-state index is 0.0314. The Morgan fingerprint density at radius 2 is 2.27 bits per heavy atom. The van der Waals surface area contributed by atoms with Gasteiger partial charge in [-0.2, -0.15) is 0 Å². The summed E-state index contributed by atoms with van der Waals surface area (Å²) in [5.74, 6) is 0. The molecule has 0 saturated heterocycles. The Hall–Kier alpha value is -1.06. The molecule has 15 heavy (non-hydrogen) atoms. The molecule has 0 amide bonds. The van der Waals surface area contributed by atoms with Gasteiger partial charge in [0.05, 0.1) is 6.61 Å². The molecule has 1 aliphatic heterocycles. The van der Waals surface area contributed by atoms with Crippen LogP contribution < -0.4 is 11.1 Å². The molecule has 0 spiro atoms. The van der Waals surface area contributed by atoms with E-state index in [4.69, 9.17) is 10.8 Å². The summed E-state index contributed by atoms with van der Waals surface area (Å²) in [6.45, 7) is 4.24. The van der Waals surface area contributed by atoms with E-state index in [0.717, 1.165) is 6.42 Å². The Balaban J connectivity index is 2.27. The zero-order valence-corrected chi connectivity index (χ0v) is 9.25. The van der Waals surface area contributed by atoms with Gasteiger partial charge in [0.15, 0.2) is 0 Å². The van der Waals surface area contributed by atoms with Crippen LogP contribution in [0.4, 0.5) is 5.69 Å². The first kappa shape index (κ1) is 10.5. The van der Waals surface area contributed by atoms with Crippen LogP contribution in [0, 0.1) is 13.8 Å². The molecule has 0 fully saturated rings. The highest BCUT2D eigenvalue weighted by atomic mass is 16.3. The fourth-order valence-electron chi connectivity index (χ4n) is 2.28. The fourth-order valence-corrected chi connectivity index (χ4v) is 2.28. The molecule has 1 aliphatic rings. The molecule has 0 saturated carbocycles. The summed E-state index contributed by atoms with van der Waals surface area (Å²) < 4.78 is 0. The van der Waals surface area contributed by atoms with Gasteiger partial charge in [-0.25, -0.2) is 0 Å². The number of aliphatic hydroxyl groups is 1. The van der Waals surface area contributed by atoms with E-state index in [9.17, 15) is 0 Å². The summed E-state index contributed by atoms with van der Waals surface area (Å²) >= 11 is 0. The van der Waals surface area contributed by atoms with Gasteiger partial charge in [-0.1, -0.05) is 17.7 Å². The molecular formula is C12H18N2O. The van der Waals surface area contributed by atoms with Gasteiger partial charge in [-0.3, -0.25) is 0 Å². The van der Waals surface area contributed by atoms with Crippen molar-refractivity contribution in [1.29, 1.82) is 0 Å². The normalized spacial score (nSPS) is 20.9. The molecule has 3 nitrogen and oxygen atoms in total. The molecule has 1 heterocycles. The van der Waals surface area contributed by atoms with Crippen LogP contribution in [0.15, 0.2) is 12.1 Å². The van der Waals surface area contributed by atoms with E-state index in [1.54, 1.807) is 0 Å². The number of aryl methyl sites for hydroxylation is 2. The molecule has 0 bridgehead atoms. The molecule has 3 heteroatoms. The molecule has 1 aromatic carbocycles. The lowest BCUT2D eigenvalue weighted by Gasteiger charge is -2.17. The summed E-state index contributed by atoms with van der Waals surface area (Å²) in [6.07, 6.45) is 0.916. The summed E-state index contributed by atoms with van der Waals surface area (Å²) in [5.41, 5.74) is 10.9. The summed E-state index contributed by atoms with van der Waals surface area (Å²) in [6, 6.07) is 4.35. The molecule has 1 aromatic rings. The highest BCUT2D eigenvalue weighted by Gasteiger charge is 2.26. The Morgan fingerprint density at radius 1 is 1.53 bits per heavy atom. The van der Waals surface area contributed by atoms with E-state index in [-0.39, 0.29) is 18.7 Å². The van der Waals surface area contributed by atoms with E-state index in [0.29, 0.717) is 0 Å². The molecule has 2 unspecified atom stereocenters. The molecule has 0 radical (unpaired) electrons. The molecule has 2 atom stereocenters. The lowest BCUT2D eigenvalue weighted by Crippen LogP contribution is -2.41. The van der Waals surface area contributed by atoms with Gasteiger partial charge in [0.1, 0.15) is 0 Å². The third-order valence-corrected chi connectivity index (χ3v) is 3.06. The van der Waals surface area contributed by atoms with Crippen LogP contribution in [0.25, 0.3) is 0 Å². The average molecular weight is 206 g/mol. The van der Waals surface area contributed by atoms with Gasteiger partial charge < -0.3 is 16.2 Å². The first-order valence-electron chi connectivity index (χ1n) is 5.35. The fraction of sp³-hybridized carbons (Fsp3) is 0.500. The van der Waals surface area contributed by atoms with Crippen molar-refractivity contribution in [1.82, 2.24) is 0 Å². The Bertz CT molecular complexity index is 376. The van der Waals surface area contributed by atoms with Crippen LogP contribution in [0.3, 0.4) is 0 Å². The van der Waals surface area contributed by atoms with Gasteiger partial charge >= 0.3 is 0 Å². The molecule has 0 aliphatic carbocycles. The number of aliphatic hydroxyl groups excluding tert-OH is 1. The standard InChI is InChI=1S/C12H18N2O/c1-7-3-8(2)12-9(4-7)5-11(14-12)10(13)6-15/h3-4,10-11,14-15H,5-6,13H2,1-2H3. The maximum atomic E-state index is 9.03. The first-order chi connectivity index (χ1) is 7.11. The lowest BCUT2D eigenvalue weighted by molar-refractivity contribution is 0.254. The van der Waals surface area contributed by atoms with E-state index < -0.39 is 0 Å². The second kappa shape index (κ2) is 3.83. The Morgan fingerprint density at radius 3 is 2.93 bits per heavy atom. The maximum absolute atomic E-state index is 9.03. The summed E-state index contributed by atoms with van der Waals surface area (Å²) in [7, 11) is 0. The van der Waals surface area contributed by atoms with Crippen LogP contribution in [0.5, 0.6) is 0 Å². The Kier molecular flexibility index (Phi) is 2.67. The van der Waals surface area contributed by atoms with Crippen LogP contribution >= 0.6 is 0 Å². The topological polar surface area (TPSA) is 58.3 Å².